The second-order valence-corrected chi connectivity index (χ2v) is 6.02. The Kier molecular flexibility index (Phi) is 5.28. The molecule has 1 aliphatic rings. The van der Waals surface area contributed by atoms with Crippen molar-refractivity contribution in [1.29, 1.82) is 0 Å². The number of hydrogen-bond donors (Lipinski definition) is 2. The highest BCUT2D eigenvalue weighted by atomic mass is 32.2. The van der Waals surface area contributed by atoms with E-state index in [0.717, 1.165) is 30.7 Å². The van der Waals surface area contributed by atoms with Gasteiger partial charge in [-0.15, -0.1) is 0 Å². The van der Waals surface area contributed by atoms with Crippen LogP contribution in [0.4, 0.5) is 5.69 Å². The smallest absolute Gasteiger partial charge is 0.227 e. The van der Waals surface area contributed by atoms with Gasteiger partial charge in [-0.3, -0.25) is 4.79 Å². The Bertz CT molecular complexity index is 419. The minimum Gasteiger partial charge on any atom is -0.330 e. The lowest BCUT2D eigenvalue weighted by molar-refractivity contribution is -0.120. The fraction of sp³-hybridized carbons (Fsp3) is 0.533. The molecule has 1 amide bonds. The van der Waals surface area contributed by atoms with Gasteiger partial charge in [-0.1, -0.05) is 18.6 Å². The van der Waals surface area contributed by atoms with Crippen LogP contribution < -0.4 is 11.1 Å². The van der Waals surface area contributed by atoms with E-state index in [2.05, 4.69) is 23.7 Å². The second-order valence-electron chi connectivity index (χ2n) is 5.15. The fourth-order valence-electron chi connectivity index (χ4n) is 2.75. The van der Waals surface area contributed by atoms with Crippen molar-refractivity contribution >= 4 is 23.4 Å². The zero-order chi connectivity index (χ0) is 13.7. The molecule has 2 atom stereocenters. The molecule has 3 N–H and O–H groups in total. The lowest BCUT2D eigenvalue weighted by Crippen LogP contribution is -2.29. The molecule has 0 radical (unpaired) electrons. The summed E-state index contributed by atoms with van der Waals surface area (Å²) in [5, 5.41) is 3.02. The van der Waals surface area contributed by atoms with Crippen LogP contribution in [-0.4, -0.2) is 18.7 Å². The molecule has 1 aliphatic carbocycles. The number of amides is 1. The normalized spacial score (nSPS) is 22.4. The third-order valence-corrected chi connectivity index (χ3v) is 4.45. The van der Waals surface area contributed by atoms with Gasteiger partial charge < -0.3 is 11.1 Å². The van der Waals surface area contributed by atoms with Gasteiger partial charge in [-0.2, -0.15) is 11.8 Å². The molecule has 0 saturated heterocycles. The van der Waals surface area contributed by atoms with Crippen molar-refractivity contribution in [2.45, 2.75) is 25.0 Å². The Morgan fingerprint density at radius 2 is 2.11 bits per heavy atom. The van der Waals surface area contributed by atoms with Gasteiger partial charge in [0.05, 0.1) is 0 Å². The van der Waals surface area contributed by atoms with E-state index in [1.54, 1.807) is 11.8 Å². The van der Waals surface area contributed by atoms with E-state index in [9.17, 15) is 4.79 Å². The van der Waals surface area contributed by atoms with Crippen LogP contribution in [0.2, 0.25) is 0 Å². The molecule has 3 nitrogen and oxygen atoms in total. The molecule has 1 aromatic carbocycles. The zero-order valence-electron chi connectivity index (χ0n) is 11.4. The molecule has 0 aliphatic heterocycles. The predicted molar refractivity (Wildman–Crippen MR) is 82.2 cm³/mol. The fourth-order valence-corrected chi connectivity index (χ4v) is 3.28. The van der Waals surface area contributed by atoms with Crippen molar-refractivity contribution in [1.82, 2.24) is 0 Å². The third kappa shape index (κ3) is 3.74. The van der Waals surface area contributed by atoms with E-state index >= 15 is 0 Å². The van der Waals surface area contributed by atoms with Gasteiger partial charge in [0.15, 0.2) is 0 Å². The standard InChI is InChI=1S/C15H22N2OS/c1-19-10-11-5-7-13(8-6-11)17-15(18)14-4-2-3-12(14)9-16/h5-8,12,14H,2-4,9-10,16H2,1H3,(H,17,18)/t12-,14-/m1/s1. The summed E-state index contributed by atoms with van der Waals surface area (Å²) in [5.41, 5.74) is 7.90. The first-order chi connectivity index (χ1) is 9.24. The number of hydrogen-bond acceptors (Lipinski definition) is 3. The average Bonchev–Trinajstić information content (AvgIpc) is 2.90. The van der Waals surface area contributed by atoms with Crippen LogP contribution >= 0.6 is 11.8 Å². The molecule has 104 valence electrons. The first-order valence-corrected chi connectivity index (χ1v) is 8.22. The van der Waals surface area contributed by atoms with Crippen LogP contribution in [0, 0.1) is 11.8 Å². The Labute approximate surface area is 119 Å². The number of benzene rings is 1. The molecule has 1 aromatic rings. The van der Waals surface area contributed by atoms with Crippen LogP contribution in [-0.2, 0) is 10.5 Å². The van der Waals surface area contributed by atoms with Crippen LogP contribution in [0.3, 0.4) is 0 Å². The molecule has 0 heterocycles. The maximum Gasteiger partial charge on any atom is 0.227 e. The molecule has 1 fully saturated rings. The van der Waals surface area contributed by atoms with Gasteiger partial charge in [-0.05, 0) is 49.3 Å². The molecule has 4 heteroatoms. The van der Waals surface area contributed by atoms with Gasteiger partial charge in [0.1, 0.15) is 0 Å². The highest BCUT2D eigenvalue weighted by Gasteiger charge is 2.31. The van der Waals surface area contributed by atoms with Crippen molar-refractivity contribution in [2.75, 3.05) is 18.1 Å². The minimum absolute atomic E-state index is 0.0934. The minimum atomic E-state index is 0.0934. The molecule has 0 aromatic heterocycles. The molecular weight excluding hydrogens is 256 g/mol. The summed E-state index contributed by atoms with van der Waals surface area (Å²) >= 11 is 1.80. The van der Waals surface area contributed by atoms with Crippen molar-refractivity contribution in [3.05, 3.63) is 29.8 Å². The Morgan fingerprint density at radius 3 is 2.74 bits per heavy atom. The van der Waals surface area contributed by atoms with Gasteiger partial charge in [-0.25, -0.2) is 0 Å². The predicted octanol–water partition coefficient (Wildman–Crippen LogP) is 2.86. The molecule has 0 spiro atoms. The lowest BCUT2D eigenvalue weighted by atomic mass is 9.95. The number of nitrogens with two attached hydrogens (primary N) is 1. The van der Waals surface area contributed by atoms with Gasteiger partial charge in [0, 0.05) is 17.4 Å². The molecule has 1 saturated carbocycles. The topological polar surface area (TPSA) is 55.1 Å². The highest BCUT2D eigenvalue weighted by molar-refractivity contribution is 7.97. The molecular formula is C15H22N2OS. The van der Waals surface area contributed by atoms with Gasteiger partial charge >= 0.3 is 0 Å². The average molecular weight is 278 g/mol. The summed E-state index contributed by atoms with van der Waals surface area (Å²) in [6.07, 6.45) is 5.26. The highest BCUT2D eigenvalue weighted by Crippen LogP contribution is 2.31. The Morgan fingerprint density at radius 1 is 1.37 bits per heavy atom. The molecule has 0 bridgehead atoms. The zero-order valence-corrected chi connectivity index (χ0v) is 12.2. The summed E-state index contributed by atoms with van der Waals surface area (Å²) in [7, 11) is 0. The van der Waals surface area contributed by atoms with E-state index in [1.807, 2.05) is 12.1 Å². The van der Waals surface area contributed by atoms with E-state index in [-0.39, 0.29) is 11.8 Å². The SMILES string of the molecule is CSCc1ccc(NC(=O)[C@@H]2CCC[C@@H]2CN)cc1. The monoisotopic (exact) mass is 278 g/mol. The molecule has 19 heavy (non-hydrogen) atoms. The van der Waals surface area contributed by atoms with Crippen LogP contribution in [0.1, 0.15) is 24.8 Å². The maximum atomic E-state index is 12.2. The molecule has 2 rings (SSSR count). The summed E-state index contributed by atoms with van der Waals surface area (Å²) < 4.78 is 0. The van der Waals surface area contributed by atoms with E-state index in [1.165, 1.54) is 5.56 Å². The van der Waals surface area contributed by atoms with Crippen molar-refractivity contribution < 1.29 is 4.79 Å². The van der Waals surface area contributed by atoms with E-state index in [0.29, 0.717) is 12.5 Å². The number of nitrogens with one attached hydrogen (secondary N) is 1. The van der Waals surface area contributed by atoms with Crippen molar-refractivity contribution in [2.24, 2.45) is 17.6 Å². The van der Waals surface area contributed by atoms with Crippen molar-refractivity contribution in [3.8, 4) is 0 Å². The Hall–Kier alpha value is -1.00. The number of carbonyl (C=O) groups excluding carboxylic acids is 1. The number of rotatable bonds is 5. The second kappa shape index (κ2) is 6.96. The van der Waals surface area contributed by atoms with E-state index in [4.69, 9.17) is 5.73 Å². The first-order valence-electron chi connectivity index (χ1n) is 6.83. The van der Waals surface area contributed by atoms with Crippen LogP contribution in [0.5, 0.6) is 0 Å². The van der Waals surface area contributed by atoms with E-state index < -0.39 is 0 Å². The van der Waals surface area contributed by atoms with Crippen LogP contribution in [0.15, 0.2) is 24.3 Å². The summed E-state index contributed by atoms with van der Waals surface area (Å²) in [5.74, 6) is 1.59. The molecule has 0 unspecified atom stereocenters. The first kappa shape index (κ1) is 14.4. The quantitative estimate of drug-likeness (QED) is 0.871. The maximum absolute atomic E-state index is 12.2. The number of carbonyl (C=O) groups is 1. The van der Waals surface area contributed by atoms with Crippen LogP contribution in [0.25, 0.3) is 0 Å². The summed E-state index contributed by atoms with van der Waals surface area (Å²) in [4.78, 5) is 12.2. The van der Waals surface area contributed by atoms with Crippen molar-refractivity contribution in [3.63, 3.8) is 0 Å². The lowest BCUT2D eigenvalue weighted by Gasteiger charge is -2.17. The summed E-state index contributed by atoms with van der Waals surface area (Å²) in [6, 6.07) is 8.11. The third-order valence-electron chi connectivity index (χ3n) is 3.83. The summed E-state index contributed by atoms with van der Waals surface area (Å²) in [6.45, 7) is 0.616. The van der Waals surface area contributed by atoms with Gasteiger partial charge in [0.2, 0.25) is 5.91 Å². The van der Waals surface area contributed by atoms with Gasteiger partial charge in [0.25, 0.3) is 0 Å². The Balaban J connectivity index is 1.94. The largest absolute Gasteiger partial charge is 0.330 e. The number of thioether (sulfide) groups is 1. The number of anilines is 1.